The molecule has 2 nitrogen and oxygen atoms in total. The molecular formula is C17H11NO. The molecule has 0 atom stereocenters. The first kappa shape index (κ1) is 10.3. The van der Waals surface area contributed by atoms with E-state index < -0.39 is 0 Å². The van der Waals surface area contributed by atoms with Gasteiger partial charge in [-0.2, -0.15) is 0 Å². The maximum Gasteiger partial charge on any atom is 0.150 e. The molecule has 90 valence electrons. The third-order valence-corrected chi connectivity index (χ3v) is 3.84. The van der Waals surface area contributed by atoms with Crippen molar-refractivity contribution in [3.8, 4) is 0 Å². The van der Waals surface area contributed by atoms with E-state index in [-0.39, 0.29) is 0 Å². The summed E-state index contributed by atoms with van der Waals surface area (Å²) >= 11 is 0. The summed E-state index contributed by atoms with van der Waals surface area (Å²) in [6.45, 7) is 0. The van der Waals surface area contributed by atoms with Gasteiger partial charge < -0.3 is 5.73 Å². The number of anilines is 1. The van der Waals surface area contributed by atoms with Crippen molar-refractivity contribution in [1.29, 1.82) is 0 Å². The van der Waals surface area contributed by atoms with Gasteiger partial charge in [0.25, 0.3) is 0 Å². The number of benzene rings is 4. The number of rotatable bonds is 1. The van der Waals surface area contributed by atoms with Crippen LogP contribution in [0.4, 0.5) is 5.69 Å². The summed E-state index contributed by atoms with van der Waals surface area (Å²) in [4.78, 5) is 11.3. The molecular weight excluding hydrogens is 234 g/mol. The van der Waals surface area contributed by atoms with Crippen molar-refractivity contribution in [1.82, 2.24) is 0 Å². The van der Waals surface area contributed by atoms with Gasteiger partial charge in [0, 0.05) is 22.0 Å². The first-order valence-electron chi connectivity index (χ1n) is 6.21. The van der Waals surface area contributed by atoms with E-state index in [1.54, 1.807) is 0 Å². The Morgan fingerprint density at radius 1 is 0.842 bits per heavy atom. The zero-order chi connectivity index (χ0) is 13.0. The summed E-state index contributed by atoms with van der Waals surface area (Å²) in [5.41, 5.74) is 7.54. The van der Waals surface area contributed by atoms with E-state index in [0.29, 0.717) is 0 Å². The Kier molecular flexibility index (Phi) is 1.88. The van der Waals surface area contributed by atoms with Gasteiger partial charge in [-0.1, -0.05) is 36.4 Å². The van der Waals surface area contributed by atoms with Gasteiger partial charge in [-0.05, 0) is 33.7 Å². The highest BCUT2D eigenvalue weighted by molar-refractivity contribution is 6.27. The molecule has 0 aliphatic heterocycles. The second-order valence-corrected chi connectivity index (χ2v) is 4.85. The van der Waals surface area contributed by atoms with Crippen molar-refractivity contribution in [2.24, 2.45) is 0 Å². The van der Waals surface area contributed by atoms with Crippen LogP contribution in [0.15, 0.2) is 48.5 Å². The van der Waals surface area contributed by atoms with Crippen molar-refractivity contribution in [2.45, 2.75) is 0 Å². The third-order valence-electron chi connectivity index (χ3n) is 3.84. The van der Waals surface area contributed by atoms with Gasteiger partial charge in [0.1, 0.15) is 0 Å². The van der Waals surface area contributed by atoms with Crippen molar-refractivity contribution in [2.75, 3.05) is 5.73 Å². The van der Waals surface area contributed by atoms with E-state index in [0.717, 1.165) is 39.1 Å². The number of nitrogens with two attached hydrogens (primary N) is 1. The Morgan fingerprint density at radius 2 is 1.63 bits per heavy atom. The Morgan fingerprint density at radius 3 is 2.47 bits per heavy atom. The molecule has 4 aromatic rings. The summed E-state index contributed by atoms with van der Waals surface area (Å²) in [5, 5.41) is 6.54. The predicted octanol–water partition coefficient (Wildman–Crippen LogP) is 3.98. The molecule has 4 rings (SSSR count). The van der Waals surface area contributed by atoms with E-state index in [9.17, 15) is 4.79 Å². The van der Waals surface area contributed by atoms with Gasteiger partial charge >= 0.3 is 0 Å². The topological polar surface area (TPSA) is 43.1 Å². The van der Waals surface area contributed by atoms with Gasteiger partial charge in [-0.3, -0.25) is 4.79 Å². The number of carbonyl (C=O) groups is 1. The highest BCUT2D eigenvalue weighted by atomic mass is 16.1. The van der Waals surface area contributed by atoms with Crippen LogP contribution in [0.5, 0.6) is 0 Å². The normalized spacial score (nSPS) is 11.6. The maximum absolute atomic E-state index is 11.3. The molecule has 0 radical (unpaired) electrons. The van der Waals surface area contributed by atoms with E-state index in [4.69, 9.17) is 5.73 Å². The van der Waals surface area contributed by atoms with Crippen LogP contribution in [0.25, 0.3) is 32.3 Å². The number of carbonyl (C=O) groups excluding carboxylic acids is 1. The van der Waals surface area contributed by atoms with Crippen LogP contribution in [-0.2, 0) is 0 Å². The molecule has 0 aliphatic carbocycles. The van der Waals surface area contributed by atoms with E-state index in [1.807, 2.05) is 36.4 Å². The second kappa shape index (κ2) is 3.45. The van der Waals surface area contributed by atoms with E-state index in [2.05, 4.69) is 12.1 Å². The van der Waals surface area contributed by atoms with Crippen LogP contribution in [0.1, 0.15) is 10.4 Å². The van der Waals surface area contributed by atoms with Gasteiger partial charge in [-0.25, -0.2) is 0 Å². The minimum absolute atomic E-state index is 0.719. The minimum Gasteiger partial charge on any atom is -0.398 e. The fourth-order valence-corrected chi connectivity index (χ4v) is 2.98. The molecule has 0 unspecified atom stereocenters. The fraction of sp³-hybridized carbons (Fsp3) is 0. The Labute approximate surface area is 109 Å². The van der Waals surface area contributed by atoms with Crippen LogP contribution in [-0.4, -0.2) is 6.29 Å². The number of hydrogen-bond donors (Lipinski definition) is 1. The molecule has 0 heterocycles. The molecule has 0 spiro atoms. The van der Waals surface area contributed by atoms with Crippen LogP contribution >= 0.6 is 0 Å². The summed E-state index contributed by atoms with van der Waals surface area (Å²) in [6, 6.07) is 16.0. The zero-order valence-electron chi connectivity index (χ0n) is 10.2. The summed E-state index contributed by atoms with van der Waals surface area (Å²) in [6.07, 6.45) is 0.916. The molecule has 19 heavy (non-hydrogen) atoms. The van der Waals surface area contributed by atoms with Crippen molar-refractivity contribution in [3.05, 3.63) is 54.1 Å². The van der Waals surface area contributed by atoms with Gasteiger partial charge in [0.15, 0.2) is 6.29 Å². The van der Waals surface area contributed by atoms with Gasteiger partial charge in [0.05, 0.1) is 0 Å². The average molecular weight is 245 g/mol. The number of aldehydes is 1. The lowest BCUT2D eigenvalue weighted by molar-refractivity contribution is 0.112. The van der Waals surface area contributed by atoms with Crippen LogP contribution < -0.4 is 5.73 Å². The number of nitrogen functional groups attached to an aromatic ring is 1. The van der Waals surface area contributed by atoms with Gasteiger partial charge in [-0.15, -0.1) is 0 Å². The summed E-state index contributed by atoms with van der Waals surface area (Å²) in [7, 11) is 0. The minimum atomic E-state index is 0.719. The first-order valence-corrected chi connectivity index (χ1v) is 6.21. The van der Waals surface area contributed by atoms with Crippen molar-refractivity contribution >= 4 is 44.3 Å². The Balaban J connectivity index is 2.47. The molecule has 4 aromatic carbocycles. The Hall–Kier alpha value is -2.61. The monoisotopic (exact) mass is 245 g/mol. The molecule has 0 fully saturated rings. The molecule has 0 amide bonds. The molecule has 0 bridgehead atoms. The van der Waals surface area contributed by atoms with Crippen LogP contribution in [0.3, 0.4) is 0 Å². The standard InChI is InChI=1S/C17H11NO/c18-15-7-6-13-12(9-19)8-11-3-1-2-10-4-5-14(15)17(13)16(10)11/h1-9H,18H2. The van der Waals surface area contributed by atoms with Crippen molar-refractivity contribution < 1.29 is 4.79 Å². The summed E-state index contributed by atoms with van der Waals surface area (Å²) in [5.74, 6) is 0. The largest absolute Gasteiger partial charge is 0.398 e. The molecule has 0 aromatic heterocycles. The lowest BCUT2D eigenvalue weighted by Gasteiger charge is -2.13. The zero-order valence-corrected chi connectivity index (χ0v) is 10.2. The lowest BCUT2D eigenvalue weighted by atomic mass is 9.91. The Bertz CT molecular complexity index is 940. The molecule has 2 N–H and O–H groups in total. The lowest BCUT2D eigenvalue weighted by Crippen LogP contribution is -1.93. The molecule has 0 aliphatic rings. The van der Waals surface area contributed by atoms with Crippen molar-refractivity contribution in [3.63, 3.8) is 0 Å². The highest BCUT2D eigenvalue weighted by Gasteiger charge is 2.12. The highest BCUT2D eigenvalue weighted by Crippen LogP contribution is 2.38. The van der Waals surface area contributed by atoms with E-state index in [1.165, 1.54) is 10.8 Å². The third kappa shape index (κ3) is 1.23. The van der Waals surface area contributed by atoms with E-state index >= 15 is 0 Å². The predicted molar refractivity (Wildman–Crippen MR) is 79.9 cm³/mol. The van der Waals surface area contributed by atoms with Gasteiger partial charge in [0.2, 0.25) is 0 Å². The quantitative estimate of drug-likeness (QED) is 0.313. The molecule has 2 heteroatoms. The first-order chi connectivity index (χ1) is 9.29. The average Bonchev–Trinajstić information content (AvgIpc) is 2.46. The summed E-state index contributed by atoms with van der Waals surface area (Å²) < 4.78 is 0. The SMILES string of the molecule is Nc1ccc2c(C=O)cc3cccc4ccc1c2c43. The molecule has 0 saturated heterocycles. The molecule has 0 saturated carbocycles. The maximum atomic E-state index is 11.3. The number of hydrogen-bond acceptors (Lipinski definition) is 2. The smallest absolute Gasteiger partial charge is 0.150 e. The fourth-order valence-electron chi connectivity index (χ4n) is 2.98. The second-order valence-electron chi connectivity index (χ2n) is 4.85. The van der Waals surface area contributed by atoms with Crippen LogP contribution in [0, 0.1) is 0 Å². The van der Waals surface area contributed by atoms with Crippen LogP contribution in [0.2, 0.25) is 0 Å².